The fourth-order valence-corrected chi connectivity index (χ4v) is 4.17. The number of thiazole rings is 1. The van der Waals surface area contributed by atoms with Gasteiger partial charge in [-0.05, 0) is 17.4 Å². The van der Waals surface area contributed by atoms with E-state index < -0.39 is 5.97 Å². The van der Waals surface area contributed by atoms with Crippen LogP contribution in [0.2, 0.25) is 0 Å². The van der Waals surface area contributed by atoms with E-state index in [9.17, 15) is 4.79 Å². The Hall–Kier alpha value is -1.24. The van der Waals surface area contributed by atoms with E-state index in [2.05, 4.69) is 32.1 Å². The lowest BCUT2D eigenvalue weighted by molar-refractivity contribution is -0.142. The molecule has 1 fully saturated rings. The van der Waals surface area contributed by atoms with Gasteiger partial charge in [-0.1, -0.05) is 6.92 Å². The summed E-state index contributed by atoms with van der Waals surface area (Å²) in [5, 5.41) is 16.4. The number of aliphatic carboxylic acids is 1. The van der Waals surface area contributed by atoms with Gasteiger partial charge in [0.25, 0.3) is 0 Å². The van der Waals surface area contributed by atoms with Crippen LogP contribution in [0.15, 0.2) is 22.2 Å². The molecule has 0 aliphatic carbocycles. The topological polar surface area (TPSA) is 53.4 Å². The number of carbonyl (C=O) groups is 1. The number of carboxylic acids is 1. The SMILES string of the molecule is CC1CN(Cc2csc(-c3ccsc3)n2)CC1C(=O)O. The van der Waals surface area contributed by atoms with E-state index in [1.807, 2.05) is 6.92 Å². The van der Waals surface area contributed by atoms with Gasteiger partial charge >= 0.3 is 5.97 Å². The number of hydrogen-bond donors (Lipinski definition) is 1. The quantitative estimate of drug-likeness (QED) is 0.943. The molecule has 0 aromatic carbocycles. The summed E-state index contributed by atoms with van der Waals surface area (Å²) < 4.78 is 0. The van der Waals surface area contributed by atoms with Crippen molar-refractivity contribution in [1.29, 1.82) is 0 Å². The Morgan fingerprint density at radius 3 is 3.00 bits per heavy atom. The third-order valence-corrected chi connectivity index (χ3v) is 5.33. The lowest BCUT2D eigenvalue weighted by Gasteiger charge is -2.12. The van der Waals surface area contributed by atoms with Gasteiger partial charge in [0.1, 0.15) is 5.01 Å². The standard InChI is InChI=1S/C14H16N2O2S2/c1-9-4-16(6-12(9)14(17)18)5-11-8-20-13(15-11)10-2-3-19-7-10/h2-3,7-9,12H,4-6H2,1H3,(H,17,18). The maximum absolute atomic E-state index is 11.1. The Bertz CT molecular complexity index is 594. The zero-order valence-corrected chi connectivity index (χ0v) is 12.8. The summed E-state index contributed by atoms with van der Waals surface area (Å²) in [6, 6.07) is 2.08. The van der Waals surface area contributed by atoms with Gasteiger partial charge < -0.3 is 5.11 Å². The van der Waals surface area contributed by atoms with Crippen LogP contribution in [0.4, 0.5) is 0 Å². The molecule has 1 aliphatic heterocycles. The summed E-state index contributed by atoms with van der Waals surface area (Å²) in [6.45, 7) is 4.22. The van der Waals surface area contributed by atoms with Gasteiger partial charge in [0.15, 0.2) is 0 Å². The molecule has 106 valence electrons. The van der Waals surface area contributed by atoms with Crippen LogP contribution in [0.3, 0.4) is 0 Å². The summed E-state index contributed by atoms with van der Waals surface area (Å²) in [5.41, 5.74) is 2.21. The van der Waals surface area contributed by atoms with Gasteiger partial charge in [0.2, 0.25) is 0 Å². The normalized spacial score (nSPS) is 23.2. The number of carboxylic acid groups (broad SMARTS) is 1. The van der Waals surface area contributed by atoms with Crippen LogP contribution in [0.25, 0.3) is 10.6 Å². The molecule has 4 nitrogen and oxygen atoms in total. The highest BCUT2D eigenvalue weighted by Gasteiger charge is 2.34. The smallest absolute Gasteiger partial charge is 0.308 e. The molecule has 0 spiro atoms. The van der Waals surface area contributed by atoms with Gasteiger partial charge in [-0.3, -0.25) is 9.69 Å². The fourth-order valence-electron chi connectivity index (χ4n) is 2.65. The molecule has 2 atom stereocenters. The highest BCUT2D eigenvalue weighted by Crippen LogP contribution is 2.28. The average molecular weight is 308 g/mol. The first-order valence-electron chi connectivity index (χ1n) is 6.55. The molecule has 1 aliphatic rings. The predicted octanol–water partition coefficient (Wildman–Crippen LogP) is 3.02. The Kier molecular flexibility index (Phi) is 3.87. The van der Waals surface area contributed by atoms with Crippen LogP contribution in [0.1, 0.15) is 12.6 Å². The largest absolute Gasteiger partial charge is 0.481 e. The number of rotatable bonds is 4. The number of nitrogens with zero attached hydrogens (tertiary/aromatic N) is 2. The summed E-state index contributed by atoms with van der Waals surface area (Å²) in [7, 11) is 0. The molecule has 0 bridgehead atoms. The summed E-state index contributed by atoms with van der Waals surface area (Å²) in [6.07, 6.45) is 0. The molecule has 2 unspecified atom stereocenters. The highest BCUT2D eigenvalue weighted by molar-refractivity contribution is 7.14. The first-order valence-corrected chi connectivity index (χ1v) is 8.38. The highest BCUT2D eigenvalue weighted by atomic mass is 32.1. The van der Waals surface area contributed by atoms with Crippen LogP contribution in [0, 0.1) is 11.8 Å². The van der Waals surface area contributed by atoms with Crippen LogP contribution < -0.4 is 0 Å². The second kappa shape index (κ2) is 5.63. The van der Waals surface area contributed by atoms with Crippen molar-refractivity contribution in [2.45, 2.75) is 13.5 Å². The van der Waals surface area contributed by atoms with E-state index in [-0.39, 0.29) is 11.8 Å². The second-order valence-corrected chi connectivity index (χ2v) is 6.91. The molecule has 0 radical (unpaired) electrons. The van der Waals surface area contributed by atoms with E-state index in [1.54, 1.807) is 22.7 Å². The minimum Gasteiger partial charge on any atom is -0.481 e. The third kappa shape index (κ3) is 2.77. The van der Waals surface area contributed by atoms with Crippen molar-refractivity contribution >= 4 is 28.6 Å². The van der Waals surface area contributed by atoms with Crippen molar-refractivity contribution in [1.82, 2.24) is 9.88 Å². The van der Waals surface area contributed by atoms with Crippen molar-refractivity contribution in [3.8, 4) is 10.6 Å². The molecular formula is C14H16N2O2S2. The van der Waals surface area contributed by atoms with Crippen LogP contribution in [0.5, 0.6) is 0 Å². The third-order valence-electron chi connectivity index (χ3n) is 3.71. The van der Waals surface area contributed by atoms with Crippen LogP contribution in [-0.2, 0) is 11.3 Å². The summed E-state index contributed by atoms with van der Waals surface area (Å²) in [5.74, 6) is -0.718. The molecule has 1 N–H and O–H groups in total. The molecular weight excluding hydrogens is 292 g/mol. The summed E-state index contributed by atoms with van der Waals surface area (Å²) >= 11 is 3.32. The van der Waals surface area contributed by atoms with Crippen LogP contribution >= 0.6 is 22.7 Å². The van der Waals surface area contributed by atoms with Gasteiger partial charge in [0.05, 0.1) is 11.6 Å². The molecule has 1 saturated heterocycles. The maximum atomic E-state index is 11.1. The van der Waals surface area contributed by atoms with Crippen molar-refractivity contribution in [3.05, 3.63) is 27.9 Å². The molecule has 2 aromatic rings. The van der Waals surface area contributed by atoms with Crippen molar-refractivity contribution in [2.75, 3.05) is 13.1 Å². The second-order valence-electron chi connectivity index (χ2n) is 5.27. The lowest BCUT2D eigenvalue weighted by atomic mass is 9.99. The lowest BCUT2D eigenvalue weighted by Crippen LogP contribution is -2.23. The van der Waals surface area contributed by atoms with Gasteiger partial charge in [-0.25, -0.2) is 4.98 Å². The van der Waals surface area contributed by atoms with Crippen molar-refractivity contribution in [3.63, 3.8) is 0 Å². The zero-order valence-electron chi connectivity index (χ0n) is 11.2. The van der Waals surface area contributed by atoms with Crippen molar-refractivity contribution < 1.29 is 9.90 Å². The first-order chi connectivity index (χ1) is 9.63. The van der Waals surface area contributed by atoms with E-state index in [4.69, 9.17) is 5.11 Å². The van der Waals surface area contributed by atoms with Crippen LogP contribution in [-0.4, -0.2) is 34.0 Å². The first kappa shape index (κ1) is 13.7. The number of hydrogen-bond acceptors (Lipinski definition) is 5. The van der Waals surface area contributed by atoms with Gasteiger partial charge in [0, 0.05) is 36.0 Å². The van der Waals surface area contributed by atoms with E-state index >= 15 is 0 Å². The molecule has 0 saturated carbocycles. The maximum Gasteiger partial charge on any atom is 0.308 e. The van der Waals surface area contributed by atoms with Gasteiger partial charge in [-0.15, -0.1) is 11.3 Å². The Labute approximate surface area is 125 Å². The number of aromatic nitrogens is 1. The Balaban J connectivity index is 1.66. The van der Waals surface area contributed by atoms with Crippen molar-refractivity contribution in [2.24, 2.45) is 11.8 Å². The number of likely N-dealkylation sites (tertiary alicyclic amines) is 1. The molecule has 20 heavy (non-hydrogen) atoms. The minimum atomic E-state index is -0.683. The summed E-state index contributed by atoms with van der Waals surface area (Å²) in [4.78, 5) is 18.0. The van der Waals surface area contributed by atoms with Gasteiger partial charge in [-0.2, -0.15) is 11.3 Å². The number of thiophene rings is 1. The van der Waals surface area contributed by atoms with E-state index in [1.165, 1.54) is 5.56 Å². The molecule has 2 aromatic heterocycles. The molecule has 0 amide bonds. The molecule has 3 heterocycles. The van der Waals surface area contributed by atoms with E-state index in [0.717, 1.165) is 23.8 Å². The zero-order chi connectivity index (χ0) is 14.1. The Morgan fingerprint density at radius 1 is 1.50 bits per heavy atom. The fraction of sp³-hybridized carbons (Fsp3) is 0.429. The monoisotopic (exact) mass is 308 g/mol. The van der Waals surface area contributed by atoms with E-state index in [0.29, 0.717) is 6.54 Å². The molecule has 3 rings (SSSR count). The minimum absolute atomic E-state index is 0.211. The Morgan fingerprint density at radius 2 is 2.35 bits per heavy atom. The predicted molar refractivity (Wildman–Crippen MR) is 81.0 cm³/mol. The average Bonchev–Trinajstić information content (AvgIpc) is 3.09. The molecule has 6 heteroatoms.